The molecule has 0 heterocycles. The van der Waals surface area contributed by atoms with Gasteiger partial charge in [0.15, 0.2) is 0 Å². The molecule has 0 nitrogen and oxygen atoms in total. The highest BCUT2D eigenvalue weighted by molar-refractivity contribution is 6.79. The Kier molecular flexibility index (Phi) is 6.61. The van der Waals surface area contributed by atoms with Crippen molar-refractivity contribution in [2.45, 2.75) is 84.5 Å². The van der Waals surface area contributed by atoms with Crippen LogP contribution in [0.2, 0.25) is 24.7 Å². The molecular weight excluding hydrogens is 448 g/mol. The number of hydrogen-bond acceptors (Lipinski definition) is 0. The number of hydrogen-bond donors (Lipinski definition) is 0. The van der Waals surface area contributed by atoms with Crippen LogP contribution in [0.3, 0.4) is 0 Å². The van der Waals surface area contributed by atoms with E-state index in [-0.39, 0.29) is 5.41 Å². The lowest BCUT2D eigenvalue weighted by atomic mass is 9.74. The van der Waals surface area contributed by atoms with E-state index in [2.05, 4.69) is 121 Å². The van der Waals surface area contributed by atoms with Crippen LogP contribution in [-0.2, 0) is 5.41 Å². The monoisotopic (exact) mass is 494 g/mol. The van der Waals surface area contributed by atoms with Crippen molar-refractivity contribution in [1.82, 2.24) is 0 Å². The molecule has 3 aromatic carbocycles. The van der Waals surface area contributed by atoms with Crippen molar-refractivity contribution in [3.63, 3.8) is 0 Å². The quantitative estimate of drug-likeness (QED) is 0.244. The second kappa shape index (κ2) is 9.32. The van der Waals surface area contributed by atoms with Crippen molar-refractivity contribution in [3.05, 3.63) is 77.9 Å². The maximum atomic E-state index is 2.69. The third kappa shape index (κ3) is 4.22. The fourth-order valence-electron chi connectivity index (χ4n) is 8.32. The topological polar surface area (TPSA) is 0 Å². The summed E-state index contributed by atoms with van der Waals surface area (Å²) in [5.41, 5.74) is 5.53. The molecule has 0 spiro atoms. The molecule has 3 aromatic rings. The second-order valence-corrected chi connectivity index (χ2v) is 18.8. The van der Waals surface area contributed by atoms with Gasteiger partial charge in [0.1, 0.15) is 0 Å². The lowest BCUT2D eigenvalue weighted by molar-refractivity contribution is 0.533. The van der Waals surface area contributed by atoms with Crippen molar-refractivity contribution < 1.29 is 0 Å². The molecule has 1 saturated carbocycles. The first-order valence-electron chi connectivity index (χ1n) is 14.4. The Hall–Kier alpha value is -2.12. The van der Waals surface area contributed by atoms with Crippen molar-refractivity contribution in [3.8, 4) is 0 Å². The first kappa shape index (κ1) is 25.5. The van der Waals surface area contributed by atoms with E-state index in [1.807, 2.05) is 0 Å². The van der Waals surface area contributed by atoms with Crippen LogP contribution >= 0.6 is 0 Å². The Morgan fingerprint density at radius 3 is 2.00 bits per heavy atom. The highest BCUT2D eigenvalue weighted by Crippen LogP contribution is 2.59. The van der Waals surface area contributed by atoms with E-state index in [1.165, 1.54) is 51.6 Å². The molecule has 1 fully saturated rings. The Balaban J connectivity index is 1.69. The summed E-state index contributed by atoms with van der Waals surface area (Å²) < 4.78 is 0. The summed E-state index contributed by atoms with van der Waals surface area (Å²) in [6.07, 6.45) is 10.1. The Morgan fingerprint density at radius 1 is 0.917 bits per heavy atom. The molecule has 5 rings (SSSR count). The molecule has 0 saturated heterocycles. The average Bonchev–Trinajstić information content (AvgIpc) is 3.18. The van der Waals surface area contributed by atoms with E-state index >= 15 is 0 Å². The van der Waals surface area contributed by atoms with Crippen LogP contribution in [0.5, 0.6) is 0 Å². The van der Waals surface area contributed by atoms with Crippen molar-refractivity contribution in [2.24, 2.45) is 23.7 Å². The fraction of sp³-hybridized carbons (Fsp3) is 0.486. The third-order valence-corrected chi connectivity index (χ3v) is 14.1. The van der Waals surface area contributed by atoms with E-state index in [9.17, 15) is 0 Å². The summed E-state index contributed by atoms with van der Waals surface area (Å²) in [5.74, 6) is 2.96. The number of allylic oxidation sites excluding steroid dienone is 4. The van der Waals surface area contributed by atoms with Gasteiger partial charge in [-0.1, -0.05) is 134 Å². The molecule has 0 N–H and O–H groups in total. The average molecular weight is 495 g/mol. The summed E-state index contributed by atoms with van der Waals surface area (Å²) in [6.45, 7) is 19.9. The van der Waals surface area contributed by atoms with Crippen LogP contribution in [0, 0.1) is 23.7 Å². The zero-order valence-electron chi connectivity index (χ0n) is 23.9. The molecule has 2 aliphatic rings. The minimum absolute atomic E-state index is 0.0830. The summed E-state index contributed by atoms with van der Waals surface area (Å²) in [6, 6.07) is 19.9. The van der Waals surface area contributed by atoms with E-state index < -0.39 is 8.07 Å². The second-order valence-electron chi connectivity index (χ2n) is 13.7. The molecule has 1 heteroatoms. The Bertz CT molecular complexity index is 1270. The molecule has 36 heavy (non-hydrogen) atoms. The van der Waals surface area contributed by atoms with Crippen LogP contribution < -0.4 is 0 Å². The zero-order chi connectivity index (χ0) is 25.8. The van der Waals surface area contributed by atoms with Crippen LogP contribution in [0.15, 0.2) is 66.8 Å². The minimum Gasteiger partial charge on any atom is -0.0808 e. The predicted octanol–water partition coefficient (Wildman–Crippen LogP) is 10.6. The van der Waals surface area contributed by atoms with E-state index in [0.29, 0.717) is 11.8 Å². The summed E-state index contributed by atoms with van der Waals surface area (Å²) in [5, 5.41) is 5.74. The number of fused-ring (bicyclic) bond motifs is 3. The first-order valence-corrected chi connectivity index (χ1v) is 17.7. The van der Waals surface area contributed by atoms with Gasteiger partial charge in [0.05, 0.1) is 8.07 Å². The normalized spacial score (nSPS) is 25.3. The van der Waals surface area contributed by atoms with E-state index in [1.54, 1.807) is 5.57 Å². The molecule has 2 aliphatic carbocycles. The standard InChI is InChI=1S/C35H46Si/c1-9-23(2)22-36(7,8)34-24(3)21-31-27(19-14-20-30(31)34)32-25-15-10-12-17-28(25)33(35(4,5)6)29-18-13-11-16-26(29)32/h10-20,23-24,30-31,34H,9,21-22H2,1-8H3. The molecule has 0 bridgehead atoms. The molecule has 190 valence electrons. The lowest BCUT2D eigenvalue weighted by Crippen LogP contribution is -2.39. The van der Waals surface area contributed by atoms with Gasteiger partial charge >= 0.3 is 0 Å². The van der Waals surface area contributed by atoms with Gasteiger partial charge in [-0.25, -0.2) is 0 Å². The van der Waals surface area contributed by atoms with Crippen LogP contribution in [0.25, 0.3) is 27.1 Å². The summed E-state index contributed by atoms with van der Waals surface area (Å²) >= 11 is 0. The molecule has 5 unspecified atom stereocenters. The Morgan fingerprint density at radius 2 is 1.47 bits per heavy atom. The van der Waals surface area contributed by atoms with Gasteiger partial charge in [-0.2, -0.15) is 0 Å². The highest BCUT2D eigenvalue weighted by atomic mass is 28.3. The van der Waals surface area contributed by atoms with Gasteiger partial charge in [0, 0.05) is 0 Å². The predicted molar refractivity (Wildman–Crippen MR) is 164 cm³/mol. The van der Waals surface area contributed by atoms with Crippen molar-refractivity contribution in [1.29, 1.82) is 0 Å². The summed E-state index contributed by atoms with van der Waals surface area (Å²) in [7, 11) is -1.38. The number of rotatable bonds is 5. The zero-order valence-corrected chi connectivity index (χ0v) is 24.9. The van der Waals surface area contributed by atoms with Gasteiger partial charge in [-0.15, -0.1) is 0 Å². The van der Waals surface area contributed by atoms with Gasteiger partial charge in [0.25, 0.3) is 0 Å². The molecule has 0 amide bonds. The molecule has 0 aromatic heterocycles. The molecular formula is C35H46Si. The first-order chi connectivity index (χ1) is 17.0. The smallest absolute Gasteiger partial charge is 0.0516 e. The Labute approximate surface area is 220 Å². The van der Waals surface area contributed by atoms with E-state index in [4.69, 9.17) is 0 Å². The summed E-state index contributed by atoms with van der Waals surface area (Å²) in [4.78, 5) is 0. The number of benzene rings is 3. The van der Waals surface area contributed by atoms with Gasteiger partial charge in [0.2, 0.25) is 0 Å². The lowest BCUT2D eigenvalue weighted by Gasteiger charge is -2.39. The minimum atomic E-state index is -1.38. The van der Waals surface area contributed by atoms with Crippen molar-refractivity contribution >= 4 is 35.2 Å². The SMILES string of the molecule is CCC(C)C[Si](C)(C)C1C(C)CC2C(c3c4ccccc4c(C(C)(C)C)c4ccccc34)=CC=CC21. The van der Waals surface area contributed by atoms with Crippen LogP contribution in [0.1, 0.15) is 65.5 Å². The van der Waals surface area contributed by atoms with Crippen LogP contribution in [-0.4, -0.2) is 8.07 Å². The molecule has 0 radical (unpaired) electrons. The van der Waals surface area contributed by atoms with Gasteiger partial charge < -0.3 is 0 Å². The van der Waals surface area contributed by atoms with E-state index in [0.717, 1.165) is 17.4 Å². The maximum Gasteiger partial charge on any atom is 0.0516 e. The molecule has 0 aliphatic heterocycles. The van der Waals surface area contributed by atoms with Gasteiger partial charge in [-0.3, -0.25) is 0 Å². The van der Waals surface area contributed by atoms with Crippen LogP contribution in [0.4, 0.5) is 0 Å². The highest BCUT2D eigenvalue weighted by Gasteiger charge is 2.50. The van der Waals surface area contributed by atoms with Gasteiger partial charge in [-0.05, 0) is 79.3 Å². The molecule has 5 atom stereocenters. The fourth-order valence-corrected chi connectivity index (χ4v) is 13.7. The third-order valence-electron chi connectivity index (χ3n) is 9.57. The maximum absolute atomic E-state index is 2.69. The largest absolute Gasteiger partial charge is 0.0808 e. The van der Waals surface area contributed by atoms with Crippen molar-refractivity contribution in [2.75, 3.05) is 0 Å².